The standard InChI is InChI=1S/C13H14BrNO2/c1-17-13-6-8-2-3-10(14)4-9(8)5-11(13)12(16)7-15/h2-6,12,16H,7,15H2,1H3. The van der Waals surface area contributed by atoms with E-state index in [1.807, 2.05) is 30.3 Å². The van der Waals surface area contributed by atoms with E-state index in [4.69, 9.17) is 10.5 Å². The minimum absolute atomic E-state index is 0.176. The van der Waals surface area contributed by atoms with Crippen LogP contribution in [0, 0.1) is 0 Å². The zero-order chi connectivity index (χ0) is 12.4. The third kappa shape index (κ3) is 2.44. The van der Waals surface area contributed by atoms with E-state index in [0.29, 0.717) is 5.75 Å². The lowest BCUT2D eigenvalue weighted by Crippen LogP contribution is -2.12. The average molecular weight is 296 g/mol. The molecule has 0 aliphatic heterocycles. The van der Waals surface area contributed by atoms with Crippen molar-refractivity contribution in [1.82, 2.24) is 0 Å². The summed E-state index contributed by atoms with van der Waals surface area (Å²) in [5.74, 6) is 0.665. The number of rotatable bonds is 3. The number of nitrogens with two attached hydrogens (primary N) is 1. The predicted molar refractivity (Wildman–Crippen MR) is 72.2 cm³/mol. The molecule has 0 spiro atoms. The average Bonchev–Trinajstić information content (AvgIpc) is 2.36. The van der Waals surface area contributed by atoms with Crippen LogP contribution in [0.5, 0.6) is 5.75 Å². The molecule has 0 aliphatic carbocycles. The van der Waals surface area contributed by atoms with Crippen LogP contribution in [0.15, 0.2) is 34.8 Å². The van der Waals surface area contributed by atoms with Crippen molar-refractivity contribution < 1.29 is 9.84 Å². The minimum atomic E-state index is -0.701. The van der Waals surface area contributed by atoms with Crippen molar-refractivity contribution in [2.45, 2.75) is 6.10 Å². The number of ether oxygens (including phenoxy) is 1. The highest BCUT2D eigenvalue weighted by Crippen LogP contribution is 2.31. The van der Waals surface area contributed by atoms with E-state index >= 15 is 0 Å². The summed E-state index contributed by atoms with van der Waals surface area (Å²) < 4.78 is 6.28. The first-order chi connectivity index (χ1) is 8.15. The van der Waals surface area contributed by atoms with Gasteiger partial charge in [0, 0.05) is 16.6 Å². The highest BCUT2D eigenvalue weighted by atomic mass is 79.9. The van der Waals surface area contributed by atoms with Crippen LogP contribution in [0.1, 0.15) is 11.7 Å². The molecule has 0 aliphatic rings. The fraction of sp³-hybridized carbons (Fsp3) is 0.231. The van der Waals surface area contributed by atoms with Gasteiger partial charge in [0.2, 0.25) is 0 Å². The van der Waals surface area contributed by atoms with Crippen molar-refractivity contribution >= 4 is 26.7 Å². The van der Waals surface area contributed by atoms with Gasteiger partial charge in [-0.15, -0.1) is 0 Å². The second kappa shape index (κ2) is 5.04. The van der Waals surface area contributed by atoms with Crippen LogP contribution in [-0.2, 0) is 0 Å². The molecule has 0 amide bonds. The number of hydrogen-bond donors (Lipinski definition) is 2. The van der Waals surface area contributed by atoms with E-state index in [0.717, 1.165) is 20.8 Å². The van der Waals surface area contributed by atoms with Crippen molar-refractivity contribution in [3.63, 3.8) is 0 Å². The Morgan fingerprint density at radius 3 is 2.71 bits per heavy atom. The highest BCUT2D eigenvalue weighted by Gasteiger charge is 2.13. The Bertz CT molecular complexity index is 542. The van der Waals surface area contributed by atoms with Crippen LogP contribution in [0.2, 0.25) is 0 Å². The van der Waals surface area contributed by atoms with E-state index < -0.39 is 6.10 Å². The van der Waals surface area contributed by atoms with Crippen molar-refractivity contribution in [1.29, 1.82) is 0 Å². The van der Waals surface area contributed by atoms with E-state index in [2.05, 4.69) is 15.9 Å². The number of fused-ring (bicyclic) bond motifs is 1. The fourth-order valence-corrected chi connectivity index (χ4v) is 2.21. The van der Waals surface area contributed by atoms with Crippen molar-refractivity contribution in [2.75, 3.05) is 13.7 Å². The first kappa shape index (κ1) is 12.4. The molecule has 0 radical (unpaired) electrons. The number of aliphatic hydroxyl groups excluding tert-OH is 1. The van der Waals surface area contributed by atoms with E-state index in [1.165, 1.54) is 0 Å². The molecule has 1 atom stereocenters. The maximum atomic E-state index is 9.85. The van der Waals surface area contributed by atoms with Gasteiger partial charge in [0.1, 0.15) is 5.75 Å². The molecule has 3 nitrogen and oxygen atoms in total. The molecule has 90 valence electrons. The Morgan fingerprint density at radius 2 is 2.06 bits per heavy atom. The van der Waals surface area contributed by atoms with E-state index in [1.54, 1.807) is 7.11 Å². The molecule has 17 heavy (non-hydrogen) atoms. The van der Waals surface area contributed by atoms with Crippen molar-refractivity contribution in [3.8, 4) is 5.75 Å². The summed E-state index contributed by atoms with van der Waals surface area (Å²) in [5, 5.41) is 12.0. The number of benzene rings is 2. The summed E-state index contributed by atoms with van der Waals surface area (Å²) in [5.41, 5.74) is 6.21. The predicted octanol–water partition coefficient (Wildman–Crippen LogP) is 2.60. The smallest absolute Gasteiger partial charge is 0.125 e. The molecule has 0 aromatic heterocycles. The summed E-state index contributed by atoms with van der Waals surface area (Å²) in [6.07, 6.45) is -0.701. The summed E-state index contributed by atoms with van der Waals surface area (Å²) in [6.45, 7) is 0.176. The molecule has 0 fully saturated rings. The highest BCUT2D eigenvalue weighted by molar-refractivity contribution is 9.10. The van der Waals surface area contributed by atoms with Crippen LogP contribution in [0.4, 0.5) is 0 Å². The maximum absolute atomic E-state index is 9.85. The van der Waals surface area contributed by atoms with Gasteiger partial charge >= 0.3 is 0 Å². The number of halogens is 1. The lowest BCUT2D eigenvalue weighted by molar-refractivity contribution is 0.182. The van der Waals surface area contributed by atoms with Crippen LogP contribution < -0.4 is 10.5 Å². The van der Waals surface area contributed by atoms with Gasteiger partial charge in [-0.25, -0.2) is 0 Å². The monoisotopic (exact) mass is 295 g/mol. The van der Waals surface area contributed by atoms with Gasteiger partial charge < -0.3 is 15.6 Å². The maximum Gasteiger partial charge on any atom is 0.125 e. The number of hydrogen-bond acceptors (Lipinski definition) is 3. The quantitative estimate of drug-likeness (QED) is 0.915. The van der Waals surface area contributed by atoms with E-state index in [9.17, 15) is 5.11 Å². The molecule has 0 heterocycles. The molecule has 2 aromatic carbocycles. The Morgan fingerprint density at radius 1 is 1.29 bits per heavy atom. The molecule has 0 saturated carbocycles. The van der Waals surface area contributed by atoms with Gasteiger partial charge in [-0.1, -0.05) is 22.0 Å². The fourth-order valence-electron chi connectivity index (χ4n) is 1.83. The third-order valence-electron chi connectivity index (χ3n) is 2.73. The molecule has 2 aromatic rings. The Kier molecular flexibility index (Phi) is 3.66. The van der Waals surface area contributed by atoms with Gasteiger partial charge in [0.05, 0.1) is 13.2 Å². The summed E-state index contributed by atoms with van der Waals surface area (Å²) >= 11 is 3.43. The molecular formula is C13H14BrNO2. The summed E-state index contributed by atoms with van der Waals surface area (Å²) in [7, 11) is 1.59. The van der Waals surface area contributed by atoms with E-state index in [-0.39, 0.29) is 6.54 Å². The summed E-state index contributed by atoms with van der Waals surface area (Å²) in [6, 6.07) is 9.80. The van der Waals surface area contributed by atoms with Crippen molar-refractivity contribution in [2.24, 2.45) is 5.73 Å². The Balaban J connectivity index is 2.65. The molecule has 4 heteroatoms. The van der Waals surface area contributed by atoms with Gasteiger partial charge in [0.15, 0.2) is 0 Å². The zero-order valence-corrected chi connectivity index (χ0v) is 11.1. The topological polar surface area (TPSA) is 55.5 Å². The Labute approximate surface area is 108 Å². The molecule has 2 rings (SSSR count). The lowest BCUT2D eigenvalue weighted by atomic mass is 10.0. The zero-order valence-electron chi connectivity index (χ0n) is 9.48. The third-order valence-corrected chi connectivity index (χ3v) is 3.23. The molecule has 1 unspecified atom stereocenters. The van der Waals surface area contributed by atoms with Gasteiger partial charge in [-0.2, -0.15) is 0 Å². The van der Waals surface area contributed by atoms with Crippen LogP contribution in [-0.4, -0.2) is 18.8 Å². The largest absolute Gasteiger partial charge is 0.496 e. The van der Waals surface area contributed by atoms with Gasteiger partial charge in [-0.3, -0.25) is 0 Å². The molecule has 0 saturated heterocycles. The van der Waals surface area contributed by atoms with Gasteiger partial charge in [0.25, 0.3) is 0 Å². The van der Waals surface area contributed by atoms with Crippen LogP contribution >= 0.6 is 15.9 Å². The normalized spacial score (nSPS) is 12.7. The molecule has 0 bridgehead atoms. The Hall–Kier alpha value is -1.10. The second-order valence-electron chi connectivity index (χ2n) is 3.84. The molecular weight excluding hydrogens is 282 g/mol. The lowest BCUT2D eigenvalue weighted by Gasteiger charge is -2.14. The first-order valence-corrected chi connectivity index (χ1v) is 6.10. The van der Waals surface area contributed by atoms with Crippen molar-refractivity contribution in [3.05, 3.63) is 40.4 Å². The molecule has 3 N–H and O–H groups in total. The second-order valence-corrected chi connectivity index (χ2v) is 4.75. The minimum Gasteiger partial charge on any atom is -0.496 e. The summed E-state index contributed by atoms with van der Waals surface area (Å²) in [4.78, 5) is 0. The number of methoxy groups -OCH3 is 1. The SMILES string of the molecule is COc1cc2ccc(Br)cc2cc1C(O)CN. The van der Waals surface area contributed by atoms with Gasteiger partial charge in [-0.05, 0) is 35.0 Å². The van der Waals surface area contributed by atoms with Crippen LogP contribution in [0.25, 0.3) is 10.8 Å². The number of aliphatic hydroxyl groups is 1. The first-order valence-electron chi connectivity index (χ1n) is 5.31. The van der Waals surface area contributed by atoms with Crippen LogP contribution in [0.3, 0.4) is 0 Å².